The topological polar surface area (TPSA) is 60.5 Å². The minimum atomic E-state index is 0.0573. The van der Waals surface area contributed by atoms with Crippen LogP contribution in [0.2, 0.25) is 0 Å². The van der Waals surface area contributed by atoms with Crippen molar-refractivity contribution in [2.45, 2.75) is 39.2 Å². The summed E-state index contributed by atoms with van der Waals surface area (Å²) >= 11 is 0. The minimum Gasteiger partial charge on any atom is -0.496 e. The zero-order valence-corrected chi connectivity index (χ0v) is 14.5. The highest BCUT2D eigenvalue weighted by molar-refractivity contribution is 5.89. The fraction of sp³-hybridized carbons (Fsp3) is 0.474. The smallest absolute Gasteiger partial charge is 0.221 e. The maximum Gasteiger partial charge on any atom is 0.221 e. The van der Waals surface area contributed by atoms with Crippen LogP contribution < -0.4 is 14.8 Å². The lowest BCUT2D eigenvalue weighted by Crippen LogP contribution is -2.35. The zero-order chi connectivity index (χ0) is 17.1. The van der Waals surface area contributed by atoms with E-state index in [1.807, 2.05) is 19.1 Å². The van der Waals surface area contributed by atoms with Crippen LogP contribution in [-0.2, 0) is 4.79 Å². The van der Waals surface area contributed by atoms with Crippen molar-refractivity contribution < 1.29 is 14.3 Å². The van der Waals surface area contributed by atoms with Gasteiger partial charge in [0, 0.05) is 18.0 Å². The number of nitrogens with one attached hydrogen (secondary N) is 1. The minimum absolute atomic E-state index is 0.0573. The van der Waals surface area contributed by atoms with Crippen molar-refractivity contribution in [1.82, 2.24) is 10.3 Å². The van der Waals surface area contributed by atoms with Crippen molar-refractivity contribution in [2.24, 2.45) is 5.92 Å². The molecule has 1 aliphatic rings. The first-order valence-electron chi connectivity index (χ1n) is 8.48. The summed E-state index contributed by atoms with van der Waals surface area (Å²) in [7, 11) is 1.66. The number of hydrogen-bond donors (Lipinski definition) is 1. The van der Waals surface area contributed by atoms with E-state index < -0.39 is 0 Å². The Morgan fingerprint density at radius 3 is 2.96 bits per heavy atom. The van der Waals surface area contributed by atoms with Gasteiger partial charge >= 0.3 is 0 Å². The van der Waals surface area contributed by atoms with Crippen molar-refractivity contribution >= 4 is 16.7 Å². The standard InChI is InChI=1S/C19H24N2O3/c1-4-5-14-9-18(22)21-16(14)11-24-19-15-10-17(23-3)12(2)8-13(15)6-7-20-19/h6-8,10,14,16H,4-5,9,11H2,1-3H3,(H,21,22). The molecule has 2 atom stereocenters. The fourth-order valence-corrected chi connectivity index (χ4v) is 3.41. The Morgan fingerprint density at radius 1 is 1.38 bits per heavy atom. The number of amides is 1. The second-order valence-corrected chi connectivity index (χ2v) is 6.40. The molecule has 128 valence electrons. The third-order valence-electron chi connectivity index (χ3n) is 4.67. The normalized spacial score (nSPS) is 20.2. The third-order valence-corrected chi connectivity index (χ3v) is 4.67. The number of carbonyl (C=O) groups is 1. The van der Waals surface area contributed by atoms with Gasteiger partial charge in [0.25, 0.3) is 0 Å². The number of hydrogen-bond acceptors (Lipinski definition) is 4. The van der Waals surface area contributed by atoms with E-state index in [0.29, 0.717) is 24.8 Å². The number of aryl methyl sites for hydroxylation is 1. The van der Waals surface area contributed by atoms with E-state index in [-0.39, 0.29) is 11.9 Å². The Hall–Kier alpha value is -2.30. The SMILES string of the molecule is CCCC1CC(=O)NC1COc1nccc2cc(C)c(OC)cc12. The van der Waals surface area contributed by atoms with E-state index in [9.17, 15) is 4.79 Å². The molecule has 0 saturated carbocycles. The van der Waals surface area contributed by atoms with Crippen molar-refractivity contribution in [3.8, 4) is 11.6 Å². The monoisotopic (exact) mass is 328 g/mol. The predicted molar refractivity (Wildman–Crippen MR) is 93.5 cm³/mol. The summed E-state index contributed by atoms with van der Waals surface area (Å²) in [4.78, 5) is 16.1. The lowest BCUT2D eigenvalue weighted by molar-refractivity contribution is -0.119. The Labute approximate surface area is 142 Å². The number of pyridine rings is 1. The first-order chi connectivity index (χ1) is 11.6. The number of methoxy groups -OCH3 is 1. The molecule has 0 bridgehead atoms. The molecule has 2 unspecified atom stereocenters. The van der Waals surface area contributed by atoms with Gasteiger partial charge in [-0.2, -0.15) is 0 Å². The lowest BCUT2D eigenvalue weighted by atomic mass is 9.96. The van der Waals surface area contributed by atoms with Crippen LogP contribution in [0.25, 0.3) is 10.8 Å². The predicted octanol–water partition coefficient (Wildman–Crippen LogP) is 3.24. The van der Waals surface area contributed by atoms with Crippen LogP contribution in [-0.4, -0.2) is 30.6 Å². The molecular formula is C19H24N2O3. The summed E-state index contributed by atoms with van der Waals surface area (Å²) in [6, 6.07) is 6.05. The molecule has 1 aromatic carbocycles. The molecule has 1 aromatic heterocycles. The Kier molecular flexibility index (Phi) is 4.88. The van der Waals surface area contributed by atoms with E-state index in [0.717, 1.165) is 34.9 Å². The average molecular weight is 328 g/mol. The number of carbonyl (C=O) groups excluding carboxylic acids is 1. The average Bonchev–Trinajstić information content (AvgIpc) is 2.92. The molecule has 1 fully saturated rings. The molecular weight excluding hydrogens is 304 g/mol. The van der Waals surface area contributed by atoms with E-state index in [1.165, 1.54) is 0 Å². The van der Waals surface area contributed by atoms with Crippen molar-refractivity contribution in [3.05, 3.63) is 30.0 Å². The van der Waals surface area contributed by atoms with Gasteiger partial charge in [-0.25, -0.2) is 4.98 Å². The lowest BCUT2D eigenvalue weighted by Gasteiger charge is -2.19. The number of ether oxygens (including phenoxy) is 2. The van der Waals surface area contributed by atoms with E-state index in [2.05, 4.69) is 23.3 Å². The summed E-state index contributed by atoms with van der Waals surface area (Å²) < 4.78 is 11.4. The number of aromatic nitrogens is 1. The number of benzene rings is 1. The van der Waals surface area contributed by atoms with Crippen LogP contribution >= 0.6 is 0 Å². The summed E-state index contributed by atoms with van der Waals surface area (Å²) in [5, 5.41) is 5.02. The Balaban J connectivity index is 1.81. The fourth-order valence-electron chi connectivity index (χ4n) is 3.41. The molecule has 24 heavy (non-hydrogen) atoms. The Bertz CT molecular complexity index is 745. The third kappa shape index (κ3) is 3.30. The molecule has 1 N–H and O–H groups in total. The second kappa shape index (κ2) is 7.07. The quantitative estimate of drug-likeness (QED) is 0.884. The molecule has 1 amide bonds. The largest absolute Gasteiger partial charge is 0.496 e. The van der Waals surface area contributed by atoms with Crippen LogP contribution in [0.3, 0.4) is 0 Å². The number of rotatable bonds is 6. The molecule has 5 heteroatoms. The number of nitrogens with zero attached hydrogens (tertiary/aromatic N) is 1. The molecule has 1 saturated heterocycles. The molecule has 0 radical (unpaired) electrons. The van der Waals surface area contributed by atoms with Crippen LogP contribution in [0.1, 0.15) is 31.7 Å². The molecule has 0 spiro atoms. The van der Waals surface area contributed by atoms with E-state index in [1.54, 1.807) is 13.3 Å². The molecule has 3 rings (SSSR count). The highest BCUT2D eigenvalue weighted by Crippen LogP contribution is 2.31. The van der Waals surface area contributed by atoms with E-state index >= 15 is 0 Å². The van der Waals surface area contributed by atoms with Gasteiger partial charge in [-0.3, -0.25) is 4.79 Å². The maximum atomic E-state index is 11.7. The zero-order valence-electron chi connectivity index (χ0n) is 14.5. The maximum absolute atomic E-state index is 11.7. The van der Waals surface area contributed by atoms with Gasteiger partial charge < -0.3 is 14.8 Å². The summed E-state index contributed by atoms with van der Waals surface area (Å²) in [6.45, 7) is 4.60. The number of fused-ring (bicyclic) bond motifs is 1. The van der Waals surface area contributed by atoms with Gasteiger partial charge in [0.15, 0.2) is 0 Å². The van der Waals surface area contributed by atoms with Gasteiger partial charge in [0.1, 0.15) is 12.4 Å². The Morgan fingerprint density at radius 2 is 2.21 bits per heavy atom. The van der Waals surface area contributed by atoms with Gasteiger partial charge in [-0.05, 0) is 48.4 Å². The summed E-state index contributed by atoms with van der Waals surface area (Å²) in [5.41, 5.74) is 1.08. The molecule has 2 aromatic rings. The highest BCUT2D eigenvalue weighted by Gasteiger charge is 2.32. The van der Waals surface area contributed by atoms with Crippen LogP contribution in [0, 0.1) is 12.8 Å². The van der Waals surface area contributed by atoms with Crippen molar-refractivity contribution in [1.29, 1.82) is 0 Å². The summed E-state index contributed by atoms with van der Waals surface area (Å²) in [5.74, 6) is 1.86. The van der Waals surface area contributed by atoms with Gasteiger partial charge in [-0.1, -0.05) is 13.3 Å². The first kappa shape index (κ1) is 16.6. The van der Waals surface area contributed by atoms with Crippen LogP contribution in [0.15, 0.2) is 24.4 Å². The highest BCUT2D eigenvalue weighted by atomic mass is 16.5. The van der Waals surface area contributed by atoms with Crippen molar-refractivity contribution in [3.63, 3.8) is 0 Å². The second-order valence-electron chi connectivity index (χ2n) is 6.40. The van der Waals surface area contributed by atoms with Crippen LogP contribution in [0.5, 0.6) is 11.6 Å². The molecule has 2 heterocycles. The summed E-state index contributed by atoms with van der Waals surface area (Å²) in [6.07, 6.45) is 4.44. The van der Waals surface area contributed by atoms with E-state index in [4.69, 9.17) is 9.47 Å². The van der Waals surface area contributed by atoms with Gasteiger partial charge in [-0.15, -0.1) is 0 Å². The van der Waals surface area contributed by atoms with Crippen LogP contribution in [0.4, 0.5) is 0 Å². The molecule has 5 nitrogen and oxygen atoms in total. The molecule has 1 aliphatic heterocycles. The van der Waals surface area contributed by atoms with Gasteiger partial charge in [0.05, 0.1) is 13.2 Å². The van der Waals surface area contributed by atoms with Crippen molar-refractivity contribution in [2.75, 3.05) is 13.7 Å². The molecule has 0 aliphatic carbocycles. The van der Waals surface area contributed by atoms with Gasteiger partial charge in [0.2, 0.25) is 11.8 Å². The first-order valence-corrected chi connectivity index (χ1v) is 8.48.